The van der Waals surface area contributed by atoms with E-state index in [0.717, 1.165) is 0 Å². The number of fused-ring (bicyclic) bond motifs is 1. The monoisotopic (exact) mass is 433 g/mol. The van der Waals surface area contributed by atoms with Crippen molar-refractivity contribution in [2.45, 2.75) is 26.3 Å². The highest BCUT2D eigenvalue weighted by molar-refractivity contribution is 6.30. The first-order valence-corrected chi connectivity index (χ1v) is 9.77. The molecule has 158 valence electrons. The lowest BCUT2D eigenvalue weighted by atomic mass is 10.00. The third-order valence-electron chi connectivity index (χ3n) is 4.85. The molecule has 8 heteroatoms. The lowest BCUT2D eigenvalue weighted by Gasteiger charge is -2.21. The van der Waals surface area contributed by atoms with Crippen molar-refractivity contribution in [1.82, 2.24) is 4.57 Å². The van der Waals surface area contributed by atoms with Gasteiger partial charge in [-0.2, -0.15) is 0 Å². The third kappa shape index (κ3) is 4.04. The van der Waals surface area contributed by atoms with Gasteiger partial charge in [0, 0.05) is 12.6 Å². The molecule has 2 N–H and O–H groups in total. The number of hydrogen-bond acceptors (Lipinski definition) is 4. The zero-order valence-electron chi connectivity index (χ0n) is 16.5. The van der Waals surface area contributed by atoms with E-state index in [1.807, 2.05) is 0 Å². The summed E-state index contributed by atoms with van der Waals surface area (Å²) in [5, 5.41) is 19.2. The molecule has 0 fully saturated rings. The highest BCUT2D eigenvalue weighted by Crippen LogP contribution is 2.31. The molecule has 0 aliphatic carbocycles. The Hall–Kier alpha value is -2.90. The maximum atomic E-state index is 14.4. The van der Waals surface area contributed by atoms with Gasteiger partial charge in [-0.1, -0.05) is 23.7 Å². The molecule has 3 aromatic rings. The SMILES string of the molecule is CCOc1cc(Cc2cccc(Cl)c2F)cc2c(=O)c(C(=O)O)cn([C@@H](C)CO)c12. The number of halogens is 2. The first-order chi connectivity index (χ1) is 14.3. The van der Waals surface area contributed by atoms with Gasteiger partial charge in [0.15, 0.2) is 0 Å². The molecule has 3 rings (SSSR count). The Morgan fingerprint density at radius 3 is 2.70 bits per heavy atom. The van der Waals surface area contributed by atoms with Crippen LogP contribution in [0.15, 0.2) is 41.3 Å². The van der Waals surface area contributed by atoms with Gasteiger partial charge < -0.3 is 19.5 Å². The molecule has 0 unspecified atom stereocenters. The number of aromatic nitrogens is 1. The molecule has 2 aromatic carbocycles. The van der Waals surface area contributed by atoms with Crippen molar-refractivity contribution in [1.29, 1.82) is 0 Å². The van der Waals surface area contributed by atoms with E-state index >= 15 is 0 Å². The predicted octanol–water partition coefficient (Wildman–Crippen LogP) is 4.04. The van der Waals surface area contributed by atoms with Crippen molar-refractivity contribution in [3.63, 3.8) is 0 Å². The van der Waals surface area contributed by atoms with Crippen LogP contribution in [0.3, 0.4) is 0 Å². The zero-order valence-corrected chi connectivity index (χ0v) is 17.2. The van der Waals surface area contributed by atoms with Crippen LogP contribution in [0.4, 0.5) is 4.39 Å². The molecule has 6 nitrogen and oxygen atoms in total. The molecule has 1 heterocycles. The van der Waals surface area contributed by atoms with E-state index in [0.29, 0.717) is 29.0 Å². The fourth-order valence-corrected chi connectivity index (χ4v) is 3.57. The van der Waals surface area contributed by atoms with Crippen LogP contribution in [-0.4, -0.2) is 34.0 Å². The van der Waals surface area contributed by atoms with Gasteiger partial charge in [-0.15, -0.1) is 0 Å². The topological polar surface area (TPSA) is 88.8 Å². The molecular weight excluding hydrogens is 413 g/mol. The first-order valence-electron chi connectivity index (χ1n) is 9.40. The van der Waals surface area contributed by atoms with Gasteiger partial charge in [0.25, 0.3) is 0 Å². The van der Waals surface area contributed by atoms with E-state index in [2.05, 4.69) is 0 Å². The number of carboxylic acid groups (broad SMARTS) is 1. The summed E-state index contributed by atoms with van der Waals surface area (Å²) < 4.78 is 21.6. The van der Waals surface area contributed by atoms with Crippen LogP contribution < -0.4 is 10.2 Å². The minimum absolute atomic E-state index is 0.00869. The van der Waals surface area contributed by atoms with Gasteiger partial charge in [0.1, 0.15) is 17.1 Å². The molecule has 1 atom stereocenters. The highest BCUT2D eigenvalue weighted by Gasteiger charge is 2.21. The minimum Gasteiger partial charge on any atom is -0.492 e. The summed E-state index contributed by atoms with van der Waals surface area (Å²) in [6.07, 6.45) is 1.35. The smallest absolute Gasteiger partial charge is 0.341 e. The van der Waals surface area contributed by atoms with E-state index in [1.165, 1.54) is 22.9 Å². The number of aliphatic hydroxyl groups is 1. The van der Waals surface area contributed by atoms with Crippen molar-refractivity contribution in [3.8, 4) is 5.75 Å². The van der Waals surface area contributed by atoms with Gasteiger partial charge in [-0.25, -0.2) is 9.18 Å². The number of rotatable bonds is 7. The van der Waals surface area contributed by atoms with Crippen LogP contribution in [0.2, 0.25) is 5.02 Å². The Balaban J connectivity index is 2.32. The van der Waals surface area contributed by atoms with Gasteiger partial charge in [0.05, 0.1) is 35.2 Å². The minimum atomic E-state index is -1.37. The molecule has 0 aliphatic heterocycles. The quantitative estimate of drug-likeness (QED) is 0.587. The average molecular weight is 434 g/mol. The van der Waals surface area contributed by atoms with Crippen LogP contribution in [0, 0.1) is 5.82 Å². The molecule has 0 aliphatic rings. The van der Waals surface area contributed by atoms with E-state index in [4.69, 9.17) is 16.3 Å². The maximum absolute atomic E-state index is 14.4. The first kappa shape index (κ1) is 21.8. The maximum Gasteiger partial charge on any atom is 0.341 e. The Kier molecular flexibility index (Phi) is 6.43. The summed E-state index contributed by atoms with van der Waals surface area (Å²) >= 11 is 5.87. The highest BCUT2D eigenvalue weighted by atomic mass is 35.5. The van der Waals surface area contributed by atoms with Gasteiger partial charge in [0.2, 0.25) is 5.43 Å². The van der Waals surface area contributed by atoms with Crippen molar-refractivity contribution in [2.75, 3.05) is 13.2 Å². The van der Waals surface area contributed by atoms with E-state index < -0.39 is 28.8 Å². The summed E-state index contributed by atoms with van der Waals surface area (Å²) in [4.78, 5) is 24.5. The van der Waals surface area contributed by atoms with Crippen molar-refractivity contribution >= 4 is 28.5 Å². The van der Waals surface area contributed by atoms with Crippen LogP contribution in [-0.2, 0) is 6.42 Å². The van der Waals surface area contributed by atoms with E-state index in [9.17, 15) is 24.2 Å². The molecular formula is C22H21ClFNO5. The summed E-state index contributed by atoms with van der Waals surface area (Å²) in [5.41, 5.74) is 0.186. The van der Waals surface area contributed by atoms with Crippen LogP contribution in [0.1, 0.15) is 41.4 Å². The predicted molar refractivity (Wildman–Crippen MR) is 112 cm³/mol. The Labute approximate surface area is 177 Å². The number of aliphatic hydroxyl groups excluding tert-OH is 1. The Morgan fingerprint density at radius 1 is 1.33 bits per heavy atom. The molecule has 0 saturated carbocycles. The fraction of sp³-hybridized carbons (Fsp3) is 0.273. The standard InChI is InChI=1S/C22H21ClFNO5/c1-3-30-18-9-13(7-14-5-4-6-17(23)19(14)24)8-15-20(18)25(12(2)11-26)10-16(21(15)27)22(28)29/h4-6,8-10,12,26H,3,7,11H2,1-2H3,(H,28,29)/t12-/m0/s1. The average Bonchev–Trinajstić information content (AvgIpc) is 2.71. The van der Waals surface area contributed by atoms with Crippen LogP contribution in [0.25, 0.3) is 10.9 Å². The summed E-state index contributed by atoms with van der Waals surface area (Å²) in [5.74, 6) is -1.57. The molecule has 0 spiro atoms. The summed E-state index contributed by atoms with van der Waals surface area (Å²) in [6, 6.07) is 7.39. The number of ether oxygens (including phenoxy) is 1. The number of nitrogens with zero attached hydrogens (tertiary/aromatic N) is 1. The van der Waals surface area contributed by atoms with Crippen LogP contribution >= 0.6 is 11.6 Å². The van der Waals surface area contributed by atoms with Gasteiger partial charge in [-0.05, 0) is 43.2 Å². The Bertz CT molecular complexity index is 1170. The second kappa shape index (κ2) is 8.85. The summed E-state index contributed by atoms with van der Waals surface area (Å²) in [6.45, 7) is 3.50. The van der Waals surface area contributed by atoms with E-state index in [-0.39, 0.29) is 23.4 Å². The summed E-state index contributed by atoms with van der Waals surface area (Å²) in [7, 11) is 0. The number of pyridine rings is 1. The van der Waals surface area contributed by atoms with Crippen molar-refractivity contribution in [2.24, 2.45) is 0 Å². The molecule has 30 heavy (non-hydrogen) atoms. The Morgan fingerprint density at radius 2 is 2.07 bits per heavy atom. The number of carboxylic acids is 1. The van der Waals surface area contributed by atoms with E-state index in [1.54, 1.807) is 32.0 Å². The van der Waals surface area contributed by atoms with Gasteiger partial charge in [-0.3, -0.25) is 4.79 Å². The van der Waals surface area contributed by atoms with Crippen molar-refractivity contribution < 1.29 is 24.1 Å². The zero-order chi connectivity index (χ0) is 22.0. The second-order valence-corrected chi connectivity index (χ2v) is 7.34. The normalized spacial score (nSPS) is 12.2. The third-order valence-corrected chi connectivity index (χ3v) is 5.14. The lowest BCUT2D eigenvalue weighted by molar-refractivity contribution is 0.0694. The molecule has 0 amide bonds. The number of benzene rings is 2. The second-order valence-electron chi connectivity index (χ2n) is 6.93. The molecule has 0 bridgehead atoms. The number of carbonyl (C=O) groups is 1. The molecule has 0 radical (unpaired) electrons. The largest absolute Gasteiger partial charge is 0.492 e. The number of aromatic carboxylic acids is 1. The molecule has 1 aromatic heterocycles. The number of hydrogen-bond donors (Lipinski definition) is 2. The van der Waals surface area contributed by atoms with Gasteiger partial charge >= 0.3 is 5.97 Å². The molecule has 0 saturated heterocycles. The van der Waals surface area contributed by atoms with Crippen molar-refractivity contribution in [3.05, 3.63) is 74.3 Å². The van der Waals surface area contributed by atoms with Crippen LogP contribution in [0.5, 0.6) is 5.75 Å². The lowest BCUT2D eigenvalue weighted by Crippen LogP contribution is -2.22. The fourth-order valence-electron chi connectivity index (χ4n) is 3.37.